The maximum atomic E-state index is 12.8. The molecule has 1 fully saturated rings. The van der Waals surface area contributed by atoms with Crippen LogP contribution in [0.4, 0.5) is 0 Å². The first kappa shape index (κ1) is 14.9. The lowest BCUT2D eigenvalue weighted by molar-refractivity contribution is 0.0630. The van der Waals surface area contributed by atoms with Gasteiger partial charge in [-0.15, -0.1) is 0 Å². The van der Waals surface area contributed by atoms with Crippen LogP contribution in [0.3, 0.4) is 0 Å². The third-order valence-corrected chi connectivity index (χ3v) is 4.56. The normalized spacial score (nSPS) is 15.8. The summed E-state index contributed by atoms with van der Waals surface area (Å²) in [6, 6.07) is 14.2. The highest BCUT2D eigenvalue weighted by Gasteiger charge is 2.23. The zero-order valence-electron chi connectivity index (χ0n) is 13.5. The number of nitrogens with zero attached hydrogens (tertiary/aromatic N) is 4. The van der Waals surface area contributed by atoms with Crippen molar-refractivity contribution in [2.45, 2.75) is 6.54 Å². The highest BCUT2D eigenvalue weighted by atomic mass is 16.2. The SMILES string of the molecule is O=C(c1cccn2ccnc12)N1CCN(Cc2ccccc2)CC1. The number of amides is 1. The molecule has 0 unspecified atom stereocenters. The summed E-state index contributed by atoms with van der Waals surface area (Å²) in [6.45, 7) is 4.26. The number of fused-ring (bicyclic) bond motifs is 1. The van der Waals surface area contributed by atoms with Crippen molar-refractivity contribution in [1.29, 1.82) is 0 Å². The summed E-state index contributed by atoms with van der Waals surface area (Å²) in [5.74, 6) is 0.0751. The Bertz CT molecular complexity index is 835. The Morgan fingerprint density at radius 3 is 2.54 bits per heavy atom. The second kappa shape index (κ2) is 6.45. The smallest absolute Gasteiger partial charge is 0.257 e. The second-order valence-corrected chi connectivity index (χ2v) is 6.13. The van der Waals surface area contributed by atoms with Crippen molar-refractivity contribution in [3.8, 4) is 0 Å². The minimum atomic E-state index is 0.0751. The number of benzene rings is 1. The summed E-state index contributed by atoms with van der Waals surface area (Å²) in [4.78, 5) is 21.5. The summed E-state index contributed by atoms with van der Waals surface area (Å²) in [5.41, 5.74) is 2.73. The predicted octanol–water partition coefficient (Wildman–Crippen LogP) is 2.29. The fraction of sp³-hybridized carbons (Fsp3) is 0.263. The number of imidazole rings is 1. The number of carbonyl (C=O) groups is 1. The van der Waals surface area contributed by atoms with Crippen LogP contribution in [0.15, 0.2) is 61.1 Å². The minimum absolute atomic E-state index is 0.0751. The average Bonchev–Trinajstić information content (AvgIpc) is 3.11. The van der Waals surface area contributed by atoms with Crippen LogP contribution in [0.1, 0.15) is 15.9 Å². The van der Waals surface area contributed by atoms with E-state index in [0.29, 0.717) is 5.56 Å². The van der Waals surface area contributed by atoms with E-state index in [9.17, 15) is 4.79 Å². The van der Waals surface area contributed by atoms with Gasteiger partial charge in [0.05, 0.1) is 5.56 Å². The van der Waals surface area contributed by atoms with Crippen molar-refractivity contribution in [1.82, 2.24) is 19.2 Å². The van der Waals surface area contributed by atoms with Crippen molar-refractivity contribution < 1.29 is 4.79 Å². The summed E-state index contributed by atoms with van der Waals surface area (Å²) in [5, 5.41) is 0. The number of rotatable bonds is 3. The highest BCUT2D eigenvalue weighted by molar-refractivity contribution is 5.99. The van der Waals surface area contributed by atoms with E-state index in [-0.39, 0.29) is 5.91 Å². The standard InChI is InChI=1S/C19H20N4O/c24-19(17-7-4-9-22-10-8-20-18(17)22)23-13-11-21(12-14-23)15-16-5-2-1-3-6-16/h1-10H,11-15H2. The fourth-order valence-electron chi connectivity index (χ4n) is 3.24. The molecule has 5 heteroatoms. The van der Waals surface area contributed by atoms with Gasteiger partial charge >= 0.3 is 0 Å². The van der Waals surface area contributed by atoms with Gasteiger partial charge in [-0.2, -0.15) is 0 Å². The van der Waals surface area contributed by atoms with Gasteiger partial charge in [0.25, 0.3) is 5.91 Å². The number of carbonyl (C=O) groups excluding carboxylic acids is 1. The molecule has 0 aliphatic carbocycles. The molecule has 1 aliphatic heterocycles. The van der Waals surface area contributed by atoms with Crippen LogP contribution < -0.4 is 0 Å². The molecule has 1 aromatic carbocycles. The van der Waals surface area contributed by atoms with Gasteiger partial charge in [-0.1, -0.05) is 30.3 Å². The van der Waals surface area contributed by atoms with Gasteiger partial charge < -0.3 is 9.30 Å². The van der Waals surface area contributed by atoms with Crippen LogP contribution in [0, 0.1) is 0 Å². The fourth-order valence-corrected chi connectivity index (χ4v) is 3.24. The second-order valence-electron chi connectivity index (χ2n) is 6.13. The molecule has 1 saturated heterocycles. The van der Waals surface area contributed by atoms with E-state index >= 15 is 0 Å². The lowest BCUT2D eigenvalue weighted by Gasteiger charge is -2.34. The van der Waals surface area contributed by atoms with Crippen LogP contribution in [-0.2, 0) is 6.54 Å². The molecule has 0 spiro atoms. The molecule has 1 aliphatic rings. The number of pyridine rings is 1. The summed E-state index contributed by atoms with van der Waals surface area (Å²) < 4.78 is 1.89. The van der Waals surface area contributed by atoms with Crippen molar-refractivity contribution in [3.05, 3.63) is 72.2 Å². The maximum absolute atomic E-state index is 12.8. The van der Waals surface area contributed by atoms with Crippen LogP contribution in [0.25, 0.3) is 5.65 Å². The zero-order valence-corrected chi connectivity index (χ0v) is 13.5. The van der Waals surface area contributed by atoms with Crippen molar-refractivity contribution >= 4 is 11.6 Å². The van der Waals surface area contributed by atoms with Gasteiger partial charge in [0, 0.05) is 51.3 Å². The Morgan fingerprint density at radius 1 is 0.958 bits per heavy atom. The molecule has 2 aromatic heterocycles. The third kappa shape index (κ3) is 2.90. The molecule has 1 amide bonds. The van der Waals surface area contributed by atoms with E-state index in [1.54, 1.807) is 6.20 Å². The quantitative estimate of drug-likeness (QED) is 0.743. The molecular weight excluding hydrogens is 300 g/mol. The highest BCUT2D eigenvalue weighted by Crippen LogP contribution is 2.14. The molecule has 0 bridgehead atoms. The first-order valence-corrected chi connectivity index (χ1v) is 8.28. The molecule has 3 aromatic rings. The van der Waals surface area contributed by atoms with Gasteiger partial charge in [-0.25, -0.2) is 4.98 Å². The van der Waals surface area contributed by atoms with E-state index in [1.807, 2.05) is 39.9 Å². The van der Waals surface area contributed by atoms with E-state index in [2.05, 4.69) is 34.1 Å². The third-order valence-electron chi connectivity index (χ3n) is 4.56. The largest absolute Gasteiger partial charge is 0.336 e. The lowest BCUT2D eigenvalue weighted by Crippen LogP contribution is -2.48. The van der Waals surface area contributed by atoms with Gasteiger partial charge in [-0.3, -0.25) is 9.69 Å². The summed E-state index contributed by atoms with van der Waals surface area (Å²) >= 11 is 0. The van der Waals surface area contributed by atoms with Gasteiger partial charge in [0.2, 0.25) is 0 Å². The molecular formula is C19H20N4O. The van der Waals surface area contributed by atoms with Crippen LogP contribution >= 0.6 is 0 Å². The Kier molecular flexibility index (Phi) is 4.01. The van der Waals surface area contributed by atoms with Crippen LogP contribution in [0.5, 0.6) is 0 Å². The average molecular weight is 320 g/mol. The first-order valence-electron chi connectivity index (χ1n) is 8.28. The molecule has 122 valence electrons. The topological polar surface area (TPSA) is 40.9 Å². The molecule has 3 heterocycles. The van der Waals surface area contributed by atoms with Crippen molar-refractivity contribution in [2.75, 3.05) is 26.2 Å². The number of piperazine rings is 1. The van der Waals surface area contributed by atoms with E-state index in [0.717, 1.165) is 38.4 Å². The Balaban J connectivity index is 1.42. The minimum Gasteiger partial charge on any atom is -0.336 e. The summed E-state index contributed by atoms with van der Waals surface area (Å²) in [7, 11) is 0. The number of aromatic nitrogens is 2. The summed E-state index contributed by atoms with van der Waals surface area (Å²) in [6.07, 6.45) is 5.50. The van der Waals surface area contributed by atoms with Crippen LogP contribution in [0.2, 0.25) is 0 Å². The van der Waals surface area contributed by atoms with Gasteiger partial charge in [-0.05, 0) is 17.7 Å². The molecule has 0 saturated carbocycles. The predicted molar refractivity (Wildman–Crippen MR) is 92.8 cm³/mol. The molecule has 4 rings (SSSR count). The van der Waals surface area contributed by atoms with Crippen molar-refractivity contribution in [2.24, 2.45) is 0 Å². The Labute approximate surface area is 141 Å². The zero-order chi connectivity index (χ0) is 16.4. The maximum Gasteiger partial charge on any atom is 0.257 e. The Morgan fingerprint density at radius 2 is 1.75 bits per heavy atom. The number of hydrogen-bond donors (Lipinski definition) is 0. The molecule has 5 nitrogen and oxygen atoms in total. The molecule has 0 radical (unpaired) electrons. The molecule has 0 atom stereocenters. The molecule has 0 N–H and O–H groups in total. The Hall–Kier alpha value is -2.66. The van der Waals surface area contributed by atoms with Crippen molar-refractivity contribution in [3.63, 3.8) is 0 Å². The monoisotopic (exact) mass is 320 g/mol. The number of hydrogen-bond acceptors (Lipinski definition) is 3. The van der Waals surface area contributed by atoms with E-state index in [4.69, 9.17) is 0 Å². The first-order chi connectivity index (χ1) is 11.8. The van der Waals surface area contributed by atoms with E-state index < -0.39 is 0 Å². The van der Waals surface area contributed by atoms with Gasteiger partial charge in [0.1, 0.15) is 5.65 Å². The molecule has 24 heavy (non-hydrogen) atoms. The van der Waals surface area contributed by atoms with Crippen LogP contribution in [-0.4, -0.2) is 51.3 Å². The van der Waals surface area contributed by atoms with Gasteiger partial charge in [0.15, 0.2) is 0 Å². The van der Waals surface area contributed by atoms with E-state index in [1.165, 1.54) is 5.56 Å². The lowest BCUT2D eigenvalue weighted by atomic mass is 10.2.